The molecule has 0 spiro atoms. The van der Waals surface area contributed by atoms with Gasteiger partial charge in [-0.15, -0.1) is 11.8 Å². The van der Waals surface area contributed by atoms with E-state index < -0.39 is 0 Å². The third-order valence-corrected chi connectivity index (χ3v) is 5.75. The van der Waals surface area contributed by atoms with E-state index >= 15 is 0 Å². The van der Waals surface area contributed by atoms with Gasteiger partial charge in [0.2, 0.25) is 5.91 Å². The van der Waals surface area contributed by atoms with Crippen LogP contribution in [0.3, 0.4) is 0 Å². The van der Waals surface area contributed by atoms with Gasteiger partial charge in [-0.2, -0.15) is 0 Å². The lowest BCUT2D eigenvalue weighted by Crippen LogP contribution is -2.34. The van der Waals surface area contributed by atoms with E-state index in [1.807, 2.05) is 31.2 Å². The second-order valence-electron chi connectivity index (χ2n) is 6.61. The van der Waals surface area contributed by atoms with Crippen molar-refractivity contribution in [2.24, 2.45) is 0 Å². The van der Waals surface area contributed by atoms with Gasteiger partial charge in [-0.25, -0.2) is 4.98 Å². The molecule has 1 heterocycles. The molecule has 1 amide bonds. The molecule has 3 rings (SSSR count). The number of benzene rings is 2. The summed E-state index contributed by atoms with van der Waals surface area (Å²) >= 11 is 13.6. The first kappa shape index (κ1) is 21.7. The van der Waals surface area contributed by atoms with Crippen LogP contribution >= 0.6 is 35.0 Å². The van der Waals surface area contributed by atoms with Gasteiger partial charge in [0.15, 0.2) is 0 Å². The molecule has 0 unspecified atom stereocenters. The van der Waals surface area contributed by atoms with Crippen LogP contribution in [0.2, 0.25) is 10.0 Å². The van der Waals surface area contributed by atoms with Gasteiger partial charge in [0.05, 0.1) is 23.2 Å². The van der Waals surface area contributed by atoms with Crippen molar-refractivity contribution in [3.8, 4) is 0 Å². The van der Waals surface area contributed by atoms with Gasteiger partial charge in [-0.05, 0) is 42.3 Å². The first-order chi connectivity index (χ1) is 14.0. The Kier molecular flexibility index (Phi) is 7.58. The molecule has 1 aromatic heterocycles. The summed E-state index contributed by atoms with van der Waals surface area (Å²) in [5.74, 6) is 1.51. The van der Waals surface area contributed by atoms with E-state index in [4.69, 9.17) is 23.2 Å². The summed E-state index contributed by atoms with van der Waals surface area (Å²) in [7, 11) is 0. The van der Waals surface area contributed by atoms with Crippen LogP contribution in [0, 0.1) is 0 Å². The number of carbonyl (C=O) groups is 1. The molecule has 0 aliphatic rings. The topological polar surface area (TPSA) is 66.1 Å². The normalized spacial score (nSPS) is 11.0. The Morgan fingerprint density at radius 3 is 2.72 bits per heavy atom. The number of amides is 1. The van der Waals surface area contributed by atoms with Crippen molar-refractivity contribution in [1.29, 1.82) is 0 Å². The number of nitrogens with one attached hydrogen (secondary N) is 1. The molecule has 0 radical (unpaired) electrons. The molecule has 0 saturated carbocycles. The molecule has 0 atom stereocenters. The van der Waals surface area contributed by atoms with E-state index in [0.717, 1.165) is 12.0 Å². The number of thioether (sulfide) groups is 1. The molecule has 0 saturated heterocycles. The van der Waals surface area contributed by atoms with Crippen molar-refractivity contribution >= 4 is 51.8 Å². The highest BCUT2D eigenvalue weighted by Gasteiger charge is 2.15. The fourth-order valence-electron chi connectivity index (χ4n) is 2.95. The number of rotatable bonds is 8. The zero-order valence-corrected chi connectivity index (χ0v) is 18.3. The van der Waals surface area contributed by atoms with Gasteiger partial charge in [-0.3, -0.25) is 9.59 Å². The van der Waals surface area contributed by atoms with Crippen molar-refractivity contribution < 1.29 is 4.79 Å². The van der Waals surface area contributed by atoms with E-state index in [2.05, 4.69) is 9.97 Å². The molecule has 0 fully saturated rings. The van der Waals surface area contributed by atoms with E-state index in [0.29, 0.717) is 44.8 Å². The number of aromatic nitrogens is 2. The highest BCUT2D eigenvalue weighted by molar-refractivity contribution is 7.99. The zero-order valence-electron chi connectivity index (χ0n) is 16.0. The lowest BCUT2D eigenvalue weighted by molar-refractivity contribution is -0.129. The monoisotopic (exact) mass is 449 g/mol. The Morgan fingerprint density at radius 2 is 1.97 bits per heavy atom. The third-order valence-electron chi connectivity index (χ3n) is 4.29. The number of fused-ring (bicyclic) bond motifs is 1. The van der Waals surface area contributed by atoms with Crippen LogP contribution < -0.4 is 5.56 Å². The Morgan fingerprint density at radius 1 is 1.17 bits per heavy atom. The molecule has 1 N–H and O–H groups in total. The highest BCUT2D eigenvalue weighted by Crippen LogP contribution is 2.18. The minimum absolute atomic E-state index is 0.00715. The summed E-state index contributed by atoms with van der Waals surface area (Å²) in [5.41, 5.74) is 1.37. The Labute approximate surface area is 183 Å². The van der Waals surface area contributed by atoms with Gasteiger partial charge in [0.25, 0.3) is 5.56 Å². The minimum atomic E-state index is -0.235. The molecular weight excluding hydrogens is 429 g/mol. The molecule has 8 heteroatoms. The maximum atomic E-state index is 12.7. The molecule has 0 aliphatic heterocycles. The molecule has 0 bridgehead atoms. The standard InChI is InChI=1S/C21H21Cl2N3O2S/c1-2-8-26(20(27)13-29-12-14-4-3-5-15(22)9-14)11-19-24-18-10-16(23)6-7-17(18)21(28)25-19/h3-7,9-10H,2,8,11-13H2,1H3,(H,24,25,28). The Balaban J connectivity index is 1.68. The van der Waals surface area contributed by atoms with Crippen molar-refractivity contribution in [2.75, 3.05) is 12.3 Å². The highest BCUT2D eigenvalue weighted by atomic mass is 35.5. The van der Waals surface area contributed by atoms with Crippen LogP contribution in [0.15, 0.2) is 47.3 Å². The van der Waals surface area contributed by atoms with E-state index in [-0.39, 0.29) is 18.0 Å². The van der Waals surface area contributed by atoms with E-state index in [1.54, 1.807) is 23.1 Å². The molecule has 152 valence electrons. The van der Waals surface area contributed by atoms with E-state index in [1.165, 1.54) is 11.8 Å². The van der Waals surface area contributed by atoms with Crippen molar-refractivity contribution in [1.82, 2.24) is 14.9 Å². The average molecular weight is 450 g/mol. The van der Waals surface area contributed by atoms with Crippen LogP contribution in [-0.4, -0.2) is 33.1 Å². The predicted molar refractivity (Wildman–Crippen MR) is 121 cm³/mol. The lowest BCUT2D eigenvalue weighted by Gasteiger charge is -2.21. The number of H-pyrrole nitrogens is 1. The lowest BCUT2D eigenvalue weighted by atomic mass is 10.2. The van der Waals surface area contributed by atoms with Crippen molar-refractivity contribution in [3.05, 3.63) is 74.3 Å². The third kappa shape index (κ3) is 5.98. The Hall–Kier alpha value is -2.02. The summed E-state index contributed by atoms with van der Waals surface area (Å²) in [5, 5.41) is 1.68. The molecule has 2 aromatic carbocycles. The fourth-order valence-corrected chi connectivity index (χ4v) is 4.21. The predicted octanol–water partition coefficient (Wildman–Crippen LogP) is 4.90. The Bertz CT molecular complexity index is 1070. The van der Waals surface area contributed by atoms with Gasteiger partial charge >= 0.3 is 0 Å². The number of aromatic amines is 1. The summed E-state index contributed by atoms with van der Waals surface area (Å²) in [6.45, 7) is 2.85. The number of halogens is 2. The van der Waals surface area contributed by atoms with Crippen LogP contribution in [0.1, 0.15) is 24.7 Å². The maximum Gasteiger partial charge on any atom is 0.258 e. The summed E-state index contributed by atoms with van der Waals surface area (Å²) in [6.07, 6.45) is 0.814. The smallest absolute Gasteiger partial charge is 0.258 e. The van der Waals surface area contributed by atoms with E-state index in [9.17, 15) is 9.59 Å². The number of hydrogen-bond acceptors (Lipinski definition) is 4. The summed E-state index contributed by atoms with van der Waals surface area (Å²) < 4.78 is 0. The number of nitrogens with zero attached hydrogens (tertiary/aromatic N) is 2. The van der Waals surface area contributed by atoms with Crippen LogP contribution in [0.5, 0.6) is 0 Å². The molecule has 3 aromatic rings. The second-order valence-corrected chi connectivity index (χ2v) is 8.47. The first-order valence-electron chi connectivity index (χ1n) is 9.24. The SMILES string of the molecule is CCCN(Cc1nc2cc(Cl)ccc2c(=O)[nH]1)C(=O)CSCc1cccc(Cl)c1. The molecule has 0 aliphatic carbocycles. The summed E-state index contributed by atoms with van der Waals surface area (Å²) in [4.78, 5) is 34.0. The molecule has 5 nitrogen and oxygen atoms in total. The average Bonchev–Trinajstić information content (AvgIpc) is 2.67. The summed E-state index contributed by atoms with van der Waals surface area (Å²) in [6, 6.07) is 12.6. The van der Waals surface area contributed by atoms with Gasteiger partial charge < -0.3 is 9.88 Å². The molecular formula is C21H21Cl2N3O2S. The van der Waals surface area contributed by atoms with Crippen molar-refractivity contribution in [2.45, 2.75) is 25.6 Å². The van der Waals surface area contributed by atoms with Gasteiger partial charge in [-0.1, -0.05) is 42.3 Å². The van der Waals surface area contributed by atoms with Gasteiger partial charge in [0.1, 0.15) is 5.82 Å². The zero-order chi connectivity index (χ0) is 20.8. The number of carbonyl (C=O) groups excluding carboxylic acids is 1. The van der Waals surface area contributed by atoms with Crippen LogP contribution in [0.4, 0.5) is 0 Å². The fraction of sp³-hybridized carbons (Fsp3) is 0.286. The largest absolute Gasteiger partial charge is 0.335 e. The van der Waals surface area contributed by atoms with Crippen LogP contribution in [-0.2, 0) is 17.1 Å². The number of hydrogen-bond donors (Lipinski definition) is 1. The van der Waals surface area contributed by atoms with Gasteiger partial charge in [0, 0.05) is 22.3 Å². The first-order valence-corrected chi connectivity index (χ1v) is 11.2. The van der Waals surface area contributed by atoms with Crippen molar-refractivity contribution in [3.63, 3.8) is 0 Å². The maximum absolute atomic E-state index is 12.7. The second kappa shape index (κ2) is 10.1. The van der Waals surface area contributed by atoms with Crippen LogP contribution in [0.25, 0.3) is 10.9 Å². The quantitative estimate of drug-likeness (QED) is 0.530. The molecule has 29 heavy (non-hydrogen) atoms. The minimum Gasteiger partial charge on any atom is -0.335 e.